The number of aliphatic hydroxyl groups excluding tert-OH is 1. The van der Waals surface area contributed by atoms with E-state index in [1.54, 1.807) is 7.11 Å². The summed E-state index contributed by atoms with van der Waals surface area (Å²) in [5.41, 5.74) is 2.07. The second-order valence-electron chi connectivity index (χ2n) is 10.5. The summed E-state index contributed by atoms with van der Waals surface area (Å²) in [4.78, 5) is 4.35. The highest BCUT2D eigenvalue weighted by molar-refractivity contribution is 5.51. The zero-order valence-electron chi connectivity index (χ0n) is 21.5. The molecule has 0 amide bonds. The van der Waals surface area contributed by atoms with E-state index < -0.39 is 17.3 Å². The van der Waals surface area contributed by atoms with Gasteiger partial charge in [0.25, 0.3) is 0 Å². The lowest BCUT2D eigenvalue weighted by Crippen LogP contribution is -2.62. The van der Waals surface area contributed by atoms with E-state index in [0.29, 0.717) is 32.4 Å². The number of β-amino-alcohol motifs (C(OH)–C–C–N with tert-alkyl or cyclic N) is 2. The minimum atomic E-state index is -1.39. The molecule has 0 saturated carbocycles. The quantitative estimate of drug-likeness (QED) is 0.557. The Balaban J connectivity index is 1.36. The summed E-state index contributed by atoms with van der Waals surface area (Å²) in [5, 5.41) is 33.4. The Bertz CT molecular complexity index is 1020. The SMILES string of the molecule is COc1cccc(N2CCC(O)(CN3CC[C@H](O)[C@@](O)(COc4c(C)ccc(C)c4C)C3)CC2)c1. The van der Waals surface area contributed by atoms with Gasteiger partial charge in [0, 0.05) is 44.5 Å². The third-order valence-corrected chi connectivity index (χ3v) is 7.81. The standard InChI is InChI=1S/C28H40N2O5/c1-20-8-9-21(2)26(22(20)3)35-19-28(33)18-29(13-10-25(28)31)17-27(32)11-14-30(15-12-27)23-6-5-7-24(16-23)34-4/h5-9,16,25,31-33H,10-15,17-19H2,1-4H3/t25-,28-/m0/s1. The lowest BCUT2D eigenvalue weighted by atomic mass is 9.86. The van der Waals surface area contributed by atoms with Crippen LogP contribution >= 0.6 is 0 Å². The fourth-order valence-corrected chi connectivity index (χ4v) is 5.33. The van der Waals surface area contributed by atoms with Gasteiger partial charge in [-0.05, 0) is 68.9 Å². The Morgan fingerprint density at radius 1 is 1.00 bits per heavy atom. The van der Waals surface area contributed by atoms with Crippen molar-refractivity contribution in [2.45, 2.75) is 57.3 Å². The van der Waals surface area contributed by atoms with Crippen LogP contribution in [0.3, 0.4) is 0 Å². The zero-order valence-corrected chi connectivity index (χ0v) is 21.5. The van der Waals surface area contributed by atoms with Crippen LogP contribution < -0.4 is 14.4 Å². The van der Waals surface area contributed by atoms with E-state index in [9.17, 15) is 15.3 Å². The molecule has 4 rings (SSSR count). The number of piperidine rings is 2. The summed E-state index contributed by atoms with van der Waals surface area (Å²) in [6.07, 6.45) is 0.853. The lowest BCUT2D eigenvalue weighted by Gasteiger charge is -2.47. The molecule has 2 saturated heterocycles. The highest BCUT2D eigenvalue weighted by Gasteiger charge is 2.44. The molecular weight excluding hydrogens is 444 g/mol. The number of rotatable bonds is 7. The van der Waals surface area contributed by atoms with E-state index in [1.165, 1.54) is 0 Å². The molecule has 2 fully saturated rings. The molecule has 0 radical (unpaired) electrons. The van der Waals surface area contributed by atoms with Gasteiger partial charge in [-0.15, -0.1) is 0 Å². The van der Waals surface area contributed by atoms with E-state index >= 15 is 0 Å². The first kappa shape index (κ1) is 25.8. The molecule has 2 aromatic rings. The Kier molecular flexibility index (Phi) is 7.62. The predicted octanol–water partition coefficient (Wildman–Crippen LogP) is 2.83. The molecule has 7 nitrogen and oxygen atoms in total. The van der Waals surface area contributed by atoms with Crippen molar-refractivity contribution in [1.29, 1.82) is 0 Å². The molecule has 2 aliphatic rings. The number of hydrogen-bond acceptors (Lipinski definition) is 7. The van der Waals surface area contributed by atoms with Crippen LogP contribution in [0.1, 0.15) is 36.0 Å². The van der Waals surface area contributed by atoms with Crippen LogP contribution in [-0.2, 0) is 0 Å². The van der Waals surface area contributed by atoms with Gasteiger partial charge in [-0.2, -0.15) is 0 Å². The third-order valence-electron chi connectivity index (χ3n) is 7.81. The Labute approximate surface area is 208 Å². The minimum absolute atomic E-state index is 0.0118. The second-order valence-corrected chi connectivity index (χ2v) is 10.5. The zero-order chi connectivity index (χ0) is 25.2. The number of likely N-dealkylation sites (tertiary alicyclic amines) is 1. The van der Waals surface area contributed by atoms with Gasteiger partial charge in [-0.3, -0.25) is 4.90 Å². The van der Waals surface area contributed by atoms with Crippen molar-refractivity contribution in [2.75, 3.05) is 51.3 Å². The molecule has 0 bridgehead atoms. The summed E-state index contributed by atoms with van der Waals surface area (Å²) < 4.78 is 11.4. The van der Waals surface area contributed by atoms with Crippen molar-refractivity contribution in [2.24, 2.45) is 0 Å². The van der Waals surface area contributed by atoms with E-state index in [2.05, 4.69) is 21.9 Å². The largest absolute Gasteiger partial charge is 0.497 e. The molecule has 192 valence electrons. The van der Waals surface area contributed by atoms with Gasteiger partial charge in [-0.25, -0.2) is 0 Å². The van der Waals surface area contributed by atoms with Crippen molar-refractivity contribution in [3.63, 3.8) is 0 Å². The molecular formula is C28H40N2O5. The maximum Gasteiger partial charge on any atom is 0.137 e. The van der Waals surface area contributed by atoms with Gasteiger partial charge < -0.3 is 29.7 Å². The monoisotopic (exact) mass is 484 g/mol. The van der Waals surface area contributed by atoms with Crippen molar-refractivity contribution < 1.29 is 24.8 Å². The van der Waals surface area contributed by atoms with E-state index in [-0.39, 0.29) is 13.2 Å². The molecule has 2 heterocycles. The highest BCUT2D eigenvalue weighted by atomic mass is 16.5. The number of hydrogen-bond donors (Lipinski definition) is 3. The molecule has 0 spiro atoms. The summed E-state index contributed by atoms with van der Waals surface area (Å²) in [6.45, 7) is 8.91. The highest BCUT2D eigenvalue weighted by Crippen LogP contribution is 2.32. The van der Waals surface area contributed by atoms with Gasteiger partial charge in [0.2, 0.25) is 0 Å². The summed E-state index contributed by atoms with van der Waals surface area (Å²) in [6, 6.07) is 12.1. The number of methoxy groups -OCH3 is 1. The first-order valence-electron chi connectivity index (χ1n) is 12.6. The van der Waals surface area contributed by atoms with Crippen molar-refractivity contribution in [3.8, 4) is 11.5 Å². The van der Waals surface area contributed by atoms with Crippen molar-refractivity contribution in [1.82, 2.24) is 4.90 Å². The Morgan fingerprint density at radius 3 is 2.43 bits per heavy atom. The van der Waals surface area contributed by atoms with E-state index in [4.69, 9.17) is 9.47 Å². The number of anilines is 1. The van der Waals surface area contributed by atoms with Crippen LogP contribution in [0.4, 0.5) is 5.69 Å². The third kappa shape index (κ3) is 5.75. The normalized spacial score (nSPS) is 24.9. The van der Waals surface area contributed by atoms with E-state index in [1.807, 2.05) is 45.0 Å². The molecule has 0 aromatic heterocycles. The molecule has 0 unspecified atom stereocenters. The van der Waals surface area contributed by atoms with Gasteiger partial charge in [0.05, 0.1) is 18.8 Å². The molecule has 0 aliphatic carbocycles. The van der Waals surface area contributed by atoms with Crippen LogP contribution in [0, 0.1) is 20.8 Å². The first-order chi connectivity index (χ1) is 16.6. The fraction of sp³-hybridized carbons (Fsp3) is 0.571. The number of ether oxygens (including phenoxy) is 2. The molecule has 7 heteroatoms. The van der Waals surface area contributed by atoms with Crippen molar-refractivity contribution in [3.05, 3.63) is 53.1 Å². The number of benzene rings is 2. The Hall–Kier alpha value is -2.32. The smallest absolute Gasteiger partial charge is 0.137 e. The molecule has 2 aromatic carbocycles. The topological polar surface area (TPSA) is 85.6 Å². The average molecular weight is 485 g/mol. The Morgan fingerprint density at radius 2 is 1.71 bits per heavy atom. The summed E-state index contributed by atoms with van der Waals surface area (Å²) in [7, 11) is 1.67. The predicted molar refractivity (Wildman–Crippen MR) is 138 cm³/mol. The van der Waals surface area contributed by atoms with Crippen LogP contribution in [-0.4, -0.2) is 84.0 Å². The molecule has 35 heavy (non-hydrogen) atoms. The van der Waals surface area contributed by atoms with Gasteiger partial charge in [0.15, 0.2) is 0 Å². The van der Waals surface area contributed by atoms with Crippen LogP contribution in [0.2, 0.25) is 0 Å². The van der Waals surface area contributed by atoms with Gasteiger partial charge in [0.1, 0.15) is 23.7 Å². The number of aryl methyl sites for hydroxylation is 2. The van der Waals surface area contributed by atoms with Crippen LogP contribution in [0.25, 0.3) is 0 Å². The molecule has 2 atom stereocenters. The van der Waals surface area contributed by atoms with E-state index in [0.717, 1.165) is 47.0 Å². The lowest BCUT2D eigenvalue weighted by molar-refractivity contribution is -0.149. The molecule has 2 aliphatic heterocycles. The van der Waals surface area contributed by atoms with Crippen molar-refractivity contribution >= 4 is 5.69 Å². The minimum Gasteiger partial charge on any atom is -0.497 e. The maximum absolute atomic E-state index is 11.4. The maximum atomic E-state index is 11.4. The van der Waals surface area contributed by atoms with Gasteiger partial charge in [-0.1, -0.05) is 18.2 Å². The fourth-order valence-electron chi connectivity index (χ4n) is 5.33. The van der Waals surface area contributed by atoms with Gasteiger partial charge >= 0.3 is 0 Å². The van der Waals surface area contributed by atoms with Crippen LogP contribution in [0.5, 0.6) is 11.5 Å². The summed E-state index contributed by atoms with van der Waals surface area (Å²) >= 11 is 0. The second kappa shape index (κ2) is 10.3. The number of aliphatic hydroxyl groups is 3. The summed E-state index contributed by atoms with van der Waals surface area (Å²) in [5.74, 6) is 1.60. The van der Waals surface area contributed by atoms with Crippen LogP contribution in [0.15, 0.2) is 36.4 Å². The first-order valence-corrected chi connectivity index (χ1v) is 12.6. The average Bonchev–Trinajstić information content (AvgIpc) is 2.84. The number of nitrogens with zero attached hydrogens (tertiary/aromatic N) is 2. The molecule has 3 N–H and O–H groups in total.